The van der Waals surface area contributed by atoms with Gasteiger partial charge in [0.2, 0.25) is 0 Å². The van der Waals surface area contributed by atoms with Crippen LogP contribution in [-0.2, 0) is 34.8 Å². The number of halogens is 1. The van der Waals surface area contributed by atoms with E-state index in [2.05, 4.69) is 58.9 Å². The Morgan fingerprint density at radius 2 is 1.15 bits per heavy atom. The second-order valence-corrected chi connectivity index (χ2v) is 8.82. The predicted molar refractivity (Wildman–Crippen MR) is 105 cm³/mol. The van der Waals surface area contributed by atoms with Crippen molar-refractivity contribution >= 4 is 0 Å². The van der Waals surface area contributed by atoms with Crippen LogP contribution in [0.1, 0.15) is 32.2 Å². The molecule has 2 bridgehead atoms. The van der Waals surface area contributed by atoms with E-state index in [0.717, 1.165) is 39.3 Å². The van der Waals surface area contributed by atoms with E-state index >= 15 is 0 Å². The Morgan fingerprint density at radius 1 is 0.879 bits per heavy atom. The van der Waals surface area contributed by atoms with Gasteiger partial charge in [0, 0.05) is 44.9 Å². The van der Waals surface area contributed by atoms with Gasteiger partial charge in [-0.15, -0.1) is 10.2 Å². The summed E-state index contributed by atoms with van der Waals surface area (Å²) in [6.45, 7) is 11.4. The Bertz CT molecular complexity index is 621. The molecule has 1 aliphatic rings. The van der Waals surface area contributed by atoms with Gasteiger partial charge in [-0.1, -0.05) is 6.07 Å². The van der Waals surface area contributed by atoms with Crippen LogP contribution in [0.25, 0.3) is 16.0 Å². The molecule has 1 aromatic rings. The second kappa shape index (κ2) is 19.2. The van der Waals surface area contributed by atoms with Gasteiger partial charge >= 0.3 is 16.8 Å². The average molecular weight is 538 g/mol. The van der Waals surface area contributed by atoms with Crippen molar-refractivity contribution in [3.63, 3.8) is 0 Å². The van der Waals surface area contributed by atoms with E-state index in [1.807, 2.05) is 0 Å². The first-order valence-corrected chi connectivity index (χ1v) is 10.8. The van der Waals surface area contributed by atoms with Crippen LogP contribution in [0.3, 0.4) is 0 Å². The zero-order valence-electron chi connectivity index (χ0n) is 19.8. The molecule has 0 N–H and O–H groups in total. The molecule has 33 heavy (non-hydrogen) atoms. The van der Waals surface area contributed by atoms with Crippen molar-refractivity contribution in [2.75, 3.05) is 47.3 Å². The van der Waals surface area contributed by atoms with Crippen molar-refractivity contribution in [1.82, 2.24) is 19.7 Å². The molecule has 15 heteroatoms. The van der Waals surface area contributed by atoms with Crippen LogP contribution in [0, 0.1) is 10.2 Å². The molecule has 1 aliphatic heterocycles. The smallest absolute Gasteiger partial charge is 0.723 e. The summed E-state index contributed by atoms with van der Waals surface area (Å²) in [6.07, 6.45) is 0. The summed E-state index contributed by atoms with van der Waals surface area (Å²) in [5, 5.41) is 9.45. The fourth-order valence-electron chi connectivity index (χ4n) is 2.21. The number of hydrogen-bond acceptors (Lipinski definition) is 10. The third-order valence-corrected chi connectivity index (χ3v) is 3.71. The molecule has 0 radical (unpaired) electrons. The van der Waals surface area contributed by atoms with Crippen molar-refractivity contribution in [3.8, 4) is 0 Å². The predicted octanol–water partition coefficient (Wildman–Crippen LogP) is -2.92. The SMILES string of the molecule is CC(C)(C)O[O-].CN1CCN(C)Cc2cccc(n2)CN(C)CC1.[Co+3].[N-]=[N+]=[N-].[O-][Cl+3]([O-])([O-])[O-]. The molecule has 2 rings (SSSR count). The maximum atomic E-state index is 9.45. The molecule has 1 aromatic heterocycles. The summed E-state index contributed by atoms with van der Waals surface area (Å²) in [6, 6.07) is 6.36. The molecule has 2 heterocycles. The second-order valence-electron chi connectivity index (χ2n) is 8.06. The maximum Gasteiger partial charge on any atom is 3.00 e. The van der Waals surface area contributed by atoms with Gasteiger partial charge in [-0.25, -0.2) is 18.6 Å². The standard InChI is InChI=1S/C14H24N4.C4H10O2.ClHO4.Co.N3/c1-16-7-9-17(2)11-13-5-4-6-14(15-13)12-18(3)10-8-16;1-4(2,3)6-5;2-1(3,4)5;;1-3-2/h4-6H,7-12H2,1-3H3;5H,1-3H3;(H,2,3,4,5);;/q;;;+3;-1/p-2. The third kappa shape index (κ3) is 28.9. The normalized spacial score (nSPS) is 15.8. The van der Waals surface area contributed by atoms with Gasteiger partial charge in [0.25, 0.3) is 0 Å². The van der Waals surface area contributed by atoms with Gasteiger partial charge in [-0.2, -0.15) is 0 Å². The number of fused-ring (bicyclic) bond motifs is 2. The van der Waals surface area contributed by atoms with E-state index in [9.17, 15) is 5.26 Å². The van der Waals surface area contributed by atoms with Crippen LogP contribution in [0.2, 0.25) is 0 Å². The molecular weight excluding hydrogens is 505 g/mol. The van der Waals surface area contributed by atoms with Gasteiger partial charge in [0.05, 0.1) is 11.4 Å². The van der Waals surface area contributed by atoms with E-state index in [-0.39, 0.29) is 16.8 Å². The Balaban J connectivity index is -0.000000498. The summed E-state index contributed by atoms with van der Waals surface area (Å²) in [4.78, 5) is 17.0. The van der Waals surface area contributed by atoms with E-state index < -0.39 is 15.8 Å². The van der Waals surface area contributed by atoms with Crippen LogP contribution in [0.4, 0.5) is 0 Å². The van der Waals surface area contributed by atoms with Gasteiger partial charge in [-0.05, 0) is 54.0 Å². The van der Waals surface area contributed by atoms with Crippen molar-refractivity contribution in [2.45, 2.75) is 39.5 Å². The first kappa shape index (κ1) is 36.5. The van der Waals surface area contributed by atoms with Gasteiger partial charge in [0.1, 0.15) is 0 Å². The van der Waals surface area contributed by atoms with Gasteiger partial charge < -0.3 is 26.1 Å². The Morgan fingerprint density at radius 3 is 1.42 bits per heavy atom. The quantitative estimate of drug-likeness (QED) is 0.108. The van der Waals surface area contributed by atoms with E-state index in [1.54, 1.807) is 20.8 Å². The van der Waals surface area contributed by atoms with E-state index in [1.165, 1.54) is 16.3 Å². The van der Waals surface area contributed by atoms with E-state index in [4.69, 9.17) is 34.7 Å². The minimum Gasteiger partial charge on any atom is -0.723 e. The summed E-state index contributed by atoms with van der Waals surface area (Å²) >= 11 is 0. The molecular formula is C18H33ClCoN7O6. The molecule has 13 nitrogen and oxygen atoms in total. The molecule has 0 fully saturated rings. The summed E-state index contributed by atoms with van der Waals surface area (Å²) in [5.41, 5.74) is 15.3. The largest absolute Gasteiger partial charge is 3.00 e. The van der Waals surface area contributed by atoms with Crippen molar-refractivity contribution in [3.05, 3.63) is 45.6 Å². The Hall–Kier alpha value is -1.10. The minimum atomic E-state index is -4.94. The van der Waals surface area contributed by atoms with Crippen molar-refractivity contribution < 1.29 is 55.8 Å². The number of likely N-dealkylation sites (N-methyl/N-ethyl adjacent to an activating group) is 3. The summed E-state index contributed by atoms with van der Waals surface area (Å²) in [7, 11) is 1.59. The number of aromatic nitrogens is 1. The molecule has 192 valence electrons. The van der Waals surface area contributed by atoms with Gasteiger partial charge in [0.15, 0.2) is 0 Å². The number of nitrogens with zero attached hydrogens (tertiary/aromatic N) is 7. The zero-order valence-corrected chi connectivity index (χ0v) is 21.6. The van der Waals surface area contributed by atoms with Gasteiger partial charge in [-0.3, -0.25) is 19.7 Å². The zero-order chi connectivity index (χ0) is 25.4. The first-order valence-electron chi connectivity index (χ1n) is 9.53. The molecule has 0 amide bonds. The molecule has 0 saturated heterocycles. The molecule has 0 unspecified atom stereocenters. The number of hydrogen-bond donors (Lipinski definition) is 0. The topological polar surface area (TPSA) is 206 Å². The molecule has 0 aliphatic carbocycles. The summed E-state index contributed by atoms with van der Waals surface area (Å²) < 4.78 is 34.0. The van der Waals surface area contributed by atoms with Crippen molar-refractivity contribution in [1.29, 1.82) is 0 Å². The van der Waals surface area contributed by atoms with E-state index in [0.29, 0.717) is 0 Å². The van der Waals surface area contributed by atoms with Crippen LogP contribution in [-0.4, -0.2) is 72.6 Å². The third-order valence-electron chi connectivity index (χ3n) is 3.71. The fourth-order valence-corrected chi connectivity index (χ4v) is 2.21. The monoisotopic (exact) mass is 537 g/mol. The Kier molecular flexibility index (Phi) is 21.2. The van der Waals surface area contributed by atoms with Crippen LogP contribution in [0.5, 0.6) is 0 Å². The number of pyridine rings is 1. The number of rotatable bonds is 0. The Labute approximate surface area is 207 Å². The molecule has 0 spiro atoms. The average Bonchev–Trinajstić information content (AvgIpc) is 2.63. The maximum absolute atomic E-state index is 9.45. The molecule has 0 saturated carbocycles. The van der Waals surface area contributed by atoms with Crippen LogP contribution in [0.15, 0.2) is 18.2 Å². The fraction of sp³-hybridized carbons (Fsp3) is 0.722. The minimum absolute atomic E-state index is 0. The van der Waals surface area contributed by atoms with Crippen molar-refractivity contribution in [2.24, 2.45) is 0 Å². The molecule has 0 aromatic carbocycles. The first-order chi connectivity index (χ1) is 14.6. The van der Waals surface area contributed by atoms with Crippen LogP contribution >= 0.6 is 0 Å². The van der Waals surface area contributed by atoms with Crippen LogP contribution < -0.4 is 23.9 Å². The molecule has 0 atom stereocenters. The summed E-state index contributed by atoms with van der Waals surface area (Å²) in [5.74, 6) is 0.